The number of nitrogen functional groups attached to an aromatic ring is 1. The van der Waals surface area contributed by atoms with Gasteiger partial charge in [-0.1, -0.05) is 12.1 Å². The van der Waals surface area contributed by atoms with Crippen LogP contribution in [0, 0.1) is 0 Å². The van der Waals surface area contributed by atoms with Crippen molar-refractivity contribution in [2.24, 2.45) is 0 Å². The fourth-order valence-electron chi connectivity index (χ4n) is 2.14. The van der Waals surface area contributed by atoms with Gasteiger partial charge in [0.1, 0.15) is 0 Å². The maximum absolute atomic E-state index is 5.89. The van der Waals surface area contributed by atoms with Crippen LogP contribution in [0.4, 0.5) is 5.69 Å². The van der Waals surface area contributed by atoms with Gasteiger partial charge in [0.2, 0.25) is 0 Å². The summed E-state index contributed by atoms with van der Waals surface area (Å²) >= 11 is 0. The molecule has 1 aliphatic rings. The number of fused-ring (bicyclic) bond motifs is 1. The third-order valence-corrected chi connectivity index (χ3v) is 2.80. The normalized spacial score (nSPS) is 20.2. The topological polar surface area (TPSA) is 35.2 Å². The molecule has 0 aromatic heterocycles. The highest BCUT2D eigenvalue weighted by Gasteiger charge is 2.23. The molecule has 1 aromatic rings. The van der Waals surface area contributed by atoms with Crippen LogP contribution in [-0.4, -0.2) is 13.7 Å². The lowest BCUT2D eigenvalue weighted by atomic mass is 10.0. The van der Waals surface area contributed by atoms with Gasteiger partial charge in [0.15, 0.2) is 0 Å². The highest BCUT2D eigenvalue weighted by Crippen LogP contribution is 2.35. The Bertz CT molecular complexity index is 309. The number of hydrogen-bond acceptors (Lipinski definition) is 2. The van der Waals surface area contributed by atoms with Crippen molar-refractivity contribution in [2.75, 3.05) is 19.5 Å². The second-order valence-electron chi connectivity index (χ2n) is 3.61. The van der Waals surface area contributed by atoms with E-state index in [2.05, 4.69) is 6.07 Å². The van der Waals surface area contributed by atoms with Crippen molar-refractivity contribution in [1.82, 2.24) is 0 Å². The second kappa shape index (κ2) is 3.38. The summed E-state index contributed by atoms with van der Waals surface area (Å²) in [7, 11) is 1.75. The molecule has 13 heavy (non-hydrogen) atoms. The first-order chi connectivity index (χ1) is 6.33. The van der Waals surface area contributed by atoms with Crippen molar-refractivity contribution >= 4 is 5.69 Å². The SMILES string of the molecule is COCC1CCc2c(N)cccc21. The fraction of sp³-hybridized carbons (Fsp3) is 0.455. The van der Waals surface area contributed by atoms with E-state index in [4.69, 9.17) is 10.5 Å². The summed E-state index contributed by atoms with van der Waals surface area (Å²) in [6, 6.07) is 6.18. The van der Waals surface area contributed by atoms with E-state index in [1.54, 1.807) is 7.11 Å². The van der Waals surface area contributed by atoms with Crippen LogP contribution >= 0.6 is 0 Å². The number of ether oxygens (including phenoxy) is 1. The Balaban J connectivity index is 2.32. The Kier molecular flexibility index (Phi) is 2.23. The number of nitrogens with two attached hydrogens (primary N) is 1. The number of anilines is 1. The summed E-state index contributed by atoms with van der Waals surface area (Å²) in [5.41, 5.74) is 9.56. The van der Waals surface area contributed by atoms with Gasteiger partial charge in [0.25, 0.3) is 0 Å². The lowest BCUT2D eigenvalue weighted by Gasteiger charge is -2.10. The zero-order valence-electron chi connectivity index (χ0n) is 7.92. The van der Waals surface area contributed by atoms with E-state index in [9.17, 15) is 0 Å². The molecule has 0 saturated heterocycles. The maximum atomic E-state index is 5.89. The molecule has 0 fully saturated rings. The molecule has 0 saturated carbocycles. The van der Waals surface area contributed by atoms with Crippen molar-refractivity contribution in [3.8, 4) is 0 Å². The molecule has 0 spiro atoms. The smallest absolute Gasteiger partial charge is 0.0531 e. The lowest BCUT2D eigenvalue weighted by molar-refractivity contribution is 0.179. The Morgan fingerprint density at radius 3 is 3.15 bits per heavy atom. The molecular weight excluding hydrogens is 162 g/mol. The first-order valence-corrected chi connectivity index (χ1v) is 4.69. The van der Waals surface area contributed by atoms with Crippen LogP contribution in [0.3, 0.4) is 0 Å². The van der Waals surface area contributed by atoms with E-state index < -0.39 is 0 Å². The Morgan fingerprint density at radius 2 is 2.38 bits per heavy atom. The molecule has 0 amide bonds. The molecule has 2 heteroatoms. The van der Waals surface area contributed by atoms with Crippen LogP contribution in [0.15, 0.2) is 18.2 Å². The molecule has 1 aliphatic carbocycles. The third kappa shape index (κ3) is 1.42. The van der Waals surface area contributed by atoms with Crippen LogP contribution in [0.2, 0.25) is 0 Å². The molecule has 0 heterocycles. The molecule has 1 atom stereocenters. The van der Waals surface area contributed by atoms with Crippen molar-refractivity contribution < 1.29 is 4.74 Å². The summed E-state index contributed by atoms with van der Waals surface area (Å²) in [5, 5.41) is 0. The largest absolute Gasteiger partial charge is 0.398 e. The van der Waals surface area contributed by atoms with E-state index in [0.717, 1.165) is 18.7 Å². The van der Waals surface area contributed by atoms with E-state index >= 15 is 0 Å². The van der Waals surface area contributed by atoms with Crippen LogP contribution in [0.25, 0.3) is 0 Å². The third-order valence-electron chi connectivity index (χ3n) is 2.80. The molecule has 1 unspecified atom stereocenters. The molecule has 2 nitrogen and oxygen atoms in total. The minimum absolute atomic E-state index is 0.559. The quantitative estimate of drug-likeness (QED) is 0.701. The predicted octanol–water partition coefficient (Wildman–Crippen LogP) is 1.95. The van der Waals surface area contributed by atoms with Crippen LogP contribution in [0.5, 0.6) is 0 Å². The molecule has 70 valence electrons. The standard InChI is InChI=1S/C11H15NO/c1-13-7-8-5-6-10-9(8)3-2-4-11(10)12/h2-4,8H,5-7,12H2,1H3. The Hall–Kier alpha value is -1.02. The molecular formula is C11H15NO. The molecule has 2 rings (SSSR count). The Labute approximate surface area is 78.7 Å². The van der Waals surface area contributed by atoms with Crippen molar-refractivity contribution in [3.63, 3.8) is 0 Å². The van der Waals surface area contributed by atoms with Gasteiger partial charge < -0.3 is 10.5 Å². The fourth-order valence-corrected chi connectivity index (χ4v) is 2.14. The highest BCUT2D eigenvalue weighted by molar-refractivity contribution is 5.54. The van der Waals surface area contributed by atoms with Gasteiger partial charge in [-0.15, -0.1) is 0 Å². The molecule has 0 radical (unpaired) electrons. The van der Waals surface area contributed by atoms with Crippen LogP contribution < -0.4 is 5.73 Å². The van der Waals surface area contributed by atoms with E-state index in [-0.39, 0.29) is 0 Å². The van der Waals surface area contributed by atoms with Crippen LogP contribution in [0.1, 0.15) is 23.5 Å². The molecule has 0 bridgehead atoms. The zero-order chi connectivity index (χ0) is 9.26. The second-order valence-corrected chi connectivity index (χ2v) is 3.61. The van der Waals surface area contributed by atoms with Gasteiger partial charge in [-0.05, 0) is 30.0 Å². The molecule has 2 N–H and O–H groups in total. The highest BCUT2D eigenvalue weighted by atomic mass is 16.5. The van der Waals surface area contributed by atoms with Gasteiger partial charge in [0.05, 0.1) is 6.61 Å². The van der Waals surface area contributed by atoms with Gasteiger partial charge in [0, 0.05) is 18.7 Å². The van der Waals surface area contributed by atoms with E-state index in [1.165, 1.54) is 17.5 Å². The summed E-state index contributed by atoms with van der Waals surface area (Å²) in [4.78, 5) is 0. The van der Waals surface area contributed by atoms with Crippen molar-refractivity contribution in [2.45, 2.75) is 18.8 Å². The minimum Gasteiger partial charge on any atom is -0.398 e. The van der Waals surface area contributed by atoms with Crippen molar-refractivity contribution in [3.05, 3.63) is 29.3 Å². The first-order valence-electron chi connectivity index (χ1n) is 4.69. The summed E-state index contributed by atoms with van der Waals surface area (Å²) < 4.78 is 5.18. The average Bonchev–Trinajstić information content (AvgIpc) is 2.51. The zero-order valence-corrected chi connectivity index (χ0v) is 7.92. The number of hydrogen-bond donors (Lipinski definition) is 1. The van der Waals surface area contributed by atoms with Gasteiger partial charge in [-0.25, -0.2) is 0 Å². The van der Waals surface area contributed by atoms with E-state index in [1.807, 2.05) is 12.1 Å². The first kappa shape index (κ1) is 8.57. The van der Waals surface area contributed by atoms with Crippen LogP contribution in [-0.2, 0) is 11.2 Å². The van der Waals surface area contributed by atoms with Crippen molar-refractivity contribution in [1.29, 1.82) is 0 Å². The monoisotopic (exact) mass is 177 g/mol. The predicted molar refractivity (Wildman–Crippen MR) is 53.8 cm³/mol. The number of benzene rings is 1. The number of rotatable bonds is 2. The van der Waals surface area contributed by atoms with Gasteiger partial charge in [-0.2, -0.15) is 0 Å². The van der Waals surface area contributed by atoms with E-state index in [0.29, 0.717) is 5.92 Å². The minimum atomic E-state index is 0.559. The lowest BCUT2D eigenvalue weighted by Crippen LogP contribution is -2.02. The molecule has 1 aromatic carbocycles. The summed E-state index contributed by atoms with van der Waals surface area (Å²) in [6.07, 6.45) is 2.29. The Morgan fingerprint density at radius 1 is 1.54 bits per heavy atom. The number of methoxy groups -OCH3 is 1. The summed E-state index contributed by atoms with van der Waals surface area (Å²) in [6.45, 7) is 0.816. The maximum Gasteiger partial charge on any atom is 0.0531 e. The van der Waals surface area contributed by atoms with Gasteiger partial charge in [-0.3, -0.25) is 0 Å². The van der Waals surface area contributed by atoms with Gasteiger partial charge >= 0.3 is 0 Å². The summed E-state index contributed by atoms with van der Waals surface area (Å²) in [5.74, 6) is 0.559. The average molecular weight is 177 g/mol. The molecule has 0 aliphatic heterocycles.